The van der Waals surface area contributed by atoms with E-state index in [-0.39, 0.29) is 6.54 Å². The number of tetrazole rings is 1. The summed E-state index contributed by atoms with van der Waals surface area (Å²) >= 11 is 0. The summed E-state index contributed by atoms with van der Waals surface area (Å²) in [4.78, 5) is 12.5. The average molecular weight is 271 g/mol. The number of hydrogen-bond acceptors (Lipinski definition) is 5. The van der Waals surface area contributed by atoms with Gasteiger partial charge in [0.25, 0.3) is 0 Å². The van der Waals surface area contributed by atoms with Crippen LogP contribution in [0.25, 0.3) is 0 Å². The summed E-state index contributed by atoms with van der Waals surface area (Å²) in [5.41, 5.74) is 1.82. The first-order chi connectivity index (χ1) is 9.51. The summed E-state index contributed by atoms with van der Waals surface area (Å²) in [6.45, 7) is 3.60. The first-order valence-corrected chi connectivity index (χ1v) is 6.01. The predicted octanol–water partition coefficient (Wildman–Crippen LogP) is 1.09. The molecule has 102 valence electrons. The van der Waals surface area contributed by atoms with Gasteiger partial charge in [-0.15, -0.1) is 10.2 Å². The first kappa shape index (κ1) is 13.7. The van der Waals surface area contributed by atoms with Crippen molar-refractivity contribution >= 4 is 5.97 Å². The van der Waals surface area contributed by atoms with E-state index in [9.17, 15) is 4.79 Å². The molecule has 0 fully saturated rings. The average Bonchev–Trinajstić information content (AvgIpc) is 2.83. The van der Waals surface area contributed by atoms with Crippen molar-refractivity contribution in [2.24, 2.45) is 0 Å². The largest absolute Gasteiger partial charge is 0.481 e. The van der Waals surface area contributed by atoms with E-state index in [0.717, 1.165) is 0 Å². The molecule has 2 aromatic rings. The highest BCUT2D eigenvalue weighted by Gasteiger charge is 2.18. The number of nitriles is 1. The number of aryl methyl sites for hydroxylation is 1. The monoisotopic (exact) mass is 271 g/mol. The molecular weight excluding hydrogens is 258 g/mol. The van der Waals surface area contributed by atoms with Crippen molar-refractivity contribution in [2.75, 3.05) is 0 Å². The van der Waals surface area contributed by atoms with Crippen LogP contribution in [0.3, 0.4) is 0 Å². The molecule has 0 spiro atoms. The van der Waals surface area contributed by atoms with Crippen molar-refractivity contribution in [3.05, 3.63) is 40.7 Å². The van der Waals surface area contributed by atoms with Gasteiger partial charge >= 0.3 is 5.97 Å². The van der Waals surface area contributed by atoms with Crippen molar-refractivity contribution in [1.82, 2.24) is 20.2 Å². The van der Waals surface area contributed by atoms with E-state index in [1.807, 2.05) is 6.07 Å². The summed E-state index contributed by atoms with van der Waals surface area (Å²) < 4.78 is 0. The fraction of sp³-hybridized carbons (Fsp3) is 0.308. The van der Waals surface area contributed by atoms with Gasteiger partial charge in [0.1, 0.15) is 0 Å². The highest BCUT2D eigenvalue weighted by molar-refractivity contribution is 5.76. The Labute approximate surface area is 115 Å². The van der Waals surface area contributed by atoms with E-state index in [1.165, 1.54) is 4.80 Å². The molecule has 0 aliphatic carbocycles. The maximum absolute atomic E-state index is 11.1. The number of carboxylic acids is 1. The summed E-state index contributed by atoms with van der Waals surface area (Å²) in [5, 5.41) is 29.8. The van der Waals surface area contributed by atoms with Gasteiger partial charge in [-0.2, -0.15) is 10.1 Å². The molecule has 20 heavy (non-hydrogen) atoms. The molecule has 1 atom stereocenters. The summed E-state index contributed by atoms with van der Waals surface area (Å²) in [5.74, 6) is -1.05. The molecule has 0 saturated heterocycles. The molecule has 0 aliphatic heterocycles. The van der Waals surface area contributed by atoms with Crippen LogP contribution in [0.2, 0.25) is 0 Å². The number of carboxylic acid groups (broad SMARTS) is 1. The third-order valence-electron chi connectivity index (χ3n) is 2.97. The van der Waals surface area contributed by atoms with Crippen LogP contribution in [0.1, 0.15) is 35.4 Å². The lowest BCUT2D eigenvalue weighted by molar-refractivity contribution is -0.138. The first-order valence-electron chi connectivity index (χ1n) is 6.01. The maximum atomic E-state index is 11.1. The Balaban J connectivity index is 2.42. The van der Waals surface area contributed by atoms with Crippen LogP contribution >= 0.6 is 0 Å². The number of rotatable bonds is 4. The lowest BCUT2D eigenvalue weighted by Crippen LogP contribution is -2.13. The van der Waals surface area contributed by atoms with E-state index >= 15 is 0 Å². The lowest BCUT2D eigenvalue weighted by Gasteiger charge is -2.13. The number of benzene rings is 1. The topological polar surface area (TPSA) is 105 Å². The van der Waals surface area contributed by atoms with Crippen molar-refractivity contribution in [3.8, 4) is 6.07 Å². The third kappa shape index (κ3) is 2.80. The van der Waals surface area contributed by atoms with Crippen molar-refractivity contribution in [3.63, 3.8) is 0 Å². The number of hydrogen-bond donors (Lipinski definition) is 1. The predicted molar refractivity (Wildman–Crippen MR) is 68.9 cm³/mol. The van der Waals surface area contributed by atoms with Gasteiger partial charge in [0.2, 0.25) is 0 Å². The molecule has 0 aliphatic rings. The fourth-order valence-corrected chi connectivity index (χ4v) is 1.91. The van der Waals surface area contributed by atoms with Crippen molar-refractivity contribution in [1.29, 1.82) is 5.26 Å². The normalized spacial score (nSPS) is 11.8. The summed E-state index contributed by atoms with van der Waals surface area (Å²) in [7, 11) is 0. The van der Waals surface area contributed by atoms with Gasteiger partial charge in [-0.05, 0) is 42.3 Å². The molecule has 1 aromatic heterocycles. The van der Waals surface area contributed by atoms with E-state index in [0.29, 0.717) is 22.5 Å². The fourth-order valence-electron chi connectivity index (χ4n) is 1.91. The quantitative estimate of drug-likeness (QED) is 0.892. The second-order valence-electron chi connectivity index (χ2n) is 4.45. The molecule has 0 radical (unpaired) electrons. The SMILES string of the molecule is Cc1nnn(Cc2cc(C#N)ccc2C(C)C(=O)O)n1. The summed E-state index contributed by atoms with van der Waals surface area (Å²) in [6, 6.07) is 6.97. The minimum Gasteiger partial charge on any atom is -0.481 e. The zero-order valence-electron chi connectivity index (χ0n) is 11.1. The lowest BCUT2D eigenvalue weighted by atomic mass is 9.94. The number of nitrogens with zero attached hydrogens (tertiary/aromatic N) is 5. The Hall–Kier alpha value is -2.75. The number of aromatic nitrogens is 4. The standard InChI is InChI=1S/C13H13N5O2/c1-8(13(19)20)12-4-3-10(6-14)5-11(12)7-18-16-9(2)15-17-18/h3-5,8H,7H2,1-2H3,(H,19,20). The van der Waals surface area contributed by atoms with Crippen LogP contribution in [0.15, 0.2) is 18.2 Å². The maximum Gasteiger partial charge on any atom is 0.310 e. The Morgan fingerprint density at radius 3 is 2.85 bits per heavy atom. The molecule has 2 rings (SSSR count). The van der Waals surface area contributed by atoms with Gasteiger partial charge in [0, 0.05) is 0 Å². The molecule has 0 amide bonds. The Kier molecular flexibility index (Phi) is 3.75. The summed E-state index contributed by atoms with van der Waals surface area (Å²) in [6.07, 6.45) is 0. The molecular formula is C13H13N5O2. The van der Waals surface area contributed by atoms with Crippen LogP contribution in [-0.4, -0.2) is 31.3 Å². The molecule has 1 aromatic carbocycles. The molecule has 7 nitrogen and oxygen atoms in total. The molecule has 1 N–H and O–H groups in total. The smallest absolute Gasteiger partial charge is 0.310 e. The molecule has 7 heteroatoms. The zero-order valence-corrected chi connectivity index (χ0v) is 11.1. The van der Waals surface area contributed by atoms with Crippen molar-refractivity contribution in [2.45, 2.75) is 26.3 Å². The third-order valence-corrected chi connectivity index (χ3v) is 2.97. The van der Waals surface area contributed by atoms with Gasteiger partial charge in [0.05, 0.1) is 24.1 Å². The molecule has 0 saturated carbocycles. The van der Waals surface area contributed by atoms with E-state index in [1.54, 1.807) is 32.0 Å². The molecule has 0 bridgehead atoms. The molecule has 1 unspecified atom stereocenters. The highest BCUT2D eigenvalue weighted by Crippen LogP contribution is 2.22. The number of carbonyl (C=O) groups is 1. The number of aliphatic carboxylic acids is 1. The second kappa shape index (κ2) is 5.48. The zero-order chi connectivity index (χ0) is 14.7. The van der Waals surface area contributed by atoms with Gasteiger partial charge in [-0.1, -0.05) is 6.07 Å². The Bertz CT molecular complexity index is 686. The minimum atomic E-state index is -0.918. The second-order valence-corrected chi connectivity index (χ2v) is 4.45. The van der Waals surface area contributed by atoms with Crippen LogP contribution in [0.5, 0.6) is 0 Å². The van der Waals surface area contributed by atoms with Crippen LogP contribution in [-0.2, 0) is 11.3 Å². The Morgan fingerprint density at radius 2 is 2.30 bits per heavy atom. The Morgan fingerprint density at radius 1 is 1.55 bits per heavy atom. The van der Waals surface area contributed by atoms with Crippen LogP contribution in [0.4, 0.5) is 0 Å². The van der Waals surface area contributed by atoms with E-state index in [4.69, 9.17) is 10.4 Å². The highest BCUT2D eigenvalue weighted by atomic mass is 16.4. The van der Waals surface area contributed by atoms with Crippen molar-refractivity contribution < 1.29 is 9.90 Å². The van der Waals surface area contributed by atoms with E-state index < -0.39 is 11.9 Å². The minimum absolute atomic E-state index is 0.281. The molecule has 1 heterocycles. The van der Waals surface area contributed by atoms with E-state index in [2.05, 4.69) is 15.4 Å². The van der Waals surface area contributed by atoms with Crippen LogP contribution < -0.4 is 0 Å². The van der Waals surface area contributed by atoms with Crippen LogP contribution in [0, 0.1) is 18.3 Å². The van der Waals surface area contributed by atoms with Gasteiger partial charge in [0.15, 0.2) is 5.82 Å². The van der Waals surface area contributed by atoms with Gasteiger partial charge < -0.3 is 5.11 Å². The van der Waals surface area contributed by atoms with Gasteiger partial charge in [-0.3, -0.25) is 4.79 Å². The van der Waals surface area contributed by atoms with Gasteiger partial charge in [-0.25, -0.2) is 0 Å².